The van der Waals surface area contributed by atoms with E-state index in [1.807, 2.05) is 54.3 Å². The van der Waals surface area contributed by atoms with Crippen LogP contribution in [-0.4, -0.2) is 17.6 Å². The Bertz CT molecular complexity index is 704. The van der Waals surface area contributed by atoms with Gasteiger partial charge in [0, 0.05) is 18.8 Å². The van der Waals surface area contributed by atoms with E-state index >= 15 is 0 Å². The van der Waals surface area contributed by atoms with Gasteiger partial charge in [-0.1, -0.05) is 30.3 Å². The highest BCUT2D eigenvalue weighted by Gasteiger charge is 2.11. The smallest absolute Gasteiger partial charge is 0.305 e. The molecule has 2 aromatic carbocycles. The summed E-state index contributed by atoms with van der Waals surface area (Å²) in [7, 11) is 0. The van der Waals surface area contributed by atoms with Crippen molar-refractivity contribution in [1.29, 1.82) is 5.26 Å². The number of benzene rings is 2. The van der Waals surface area contributed by atoms with Gasteiger partial charge in [-0.2, -0.15) is 5.26 Å². The molecule has 0 fully saturated rings. The summed E-state index contributed by atoms with van der Waals surface area (Å²) >= 11 is 0. The largest absolute Gasteiger partial charge is 0.481 e. The van der Waals surface area contributed by atoms with Crippen LogP contribution in [0.2, 0.25) is 0 Å². The van der Waals surface area contributed by atoms with Crippen molar-refractivity contribution in [3.63, 3.8) is 0 Å². The standard InChI is InChI=1S/C18H18N2O2/c1-14-5-2-3-8-17(14)20(10-9-18(21)22)13-16-7-4-6-15(11-16)12-19/h2-8,11H,9-10,13H2,1H3,(H,21,22). The van der Waals surface area contributed by atoms with Gasteiger partial charge in [-0.05, 0) is 36.2 Å². The maximum atomic E-state index is 10.9. The van der Waals surface area contributed by atoms with Crippen LogP contribution < -0.4 is 4.90 Å². The first-order chi connectivity index (χ1) is 10.6. The number of hydrogen-bond donors (Lipinski definition) is 1. The summed E-state index contributed by atoms with van der Waals surface area (Å²) in [5.74, 6) is -0.815. The molecule has 0 bridgehead atoms. The molecule has 0 unspecified atom stereocenters. The van der Waals surface area contributed by atoms with E-state index in [-0.39, 0.29) is 6.42 Å². The van der Waals surface area contributed by atoms with Crippen LogP contribution in [0.1, 0.15) is 23.1 Å². The number of aliphatic carboxylic acids is 1. The van der Waals surface area contributed by atoms with E-state index in [9.17, 15) is 4.79 Å². The van der Waals surface area contributed by atoms with Crippen molar-refractivity contribution in [1.82, 2.24) is 0 Å². The van der Waals surface area contributed by atoms with E-state index in [1.165, 1.54) is 0 Å². The Kier molecular flexibility index (Phi) is 5.16. The van der Waals surface area contributed by atoms with E-state index < -0.39 is 5.97 Å². The lowest BCUT2D eigenvalue weighted by atomic mass is 10.1. The number of nitriles is 1. The molecule has 4 nitrogen and oxygen atoms in total. The van der Waals surface area contributed by atoms with Crippen molar-refractivity contribution in [2.75, 3.05) is 11.4 Å². The fraction of sp³-hybridized carbons (Fsp3) is 0.222. The SMILES string of the molecule is Cc1ccccc1N(CCC(=O)O)Cc1cccc(C#N)c1. The van der Waals surface area contributed by atoms with Crippen LogP contribution >= 0.6 is 0 Å². The molecular formula is C18H18N2O2. The zero-order chi connectivity index (χ0) is 15.9. The van der Waals surface area contributed by atoms with E-state index in [0.29, 0.717) is 18.7 Å². The lowest BCUT2D eigenvalue weighted by Gasteiger charge is -2.26. The van der Waals surface area contributed by atoms with E-state index in [2.05, 4.69) is 6.07 Å². The highest BCUT2D eigenvalue weighted by atomic mass is 16.4. The summed E-state index contributed by atoms with van der Waals surface area (Å²) in [5.41, 5.74) is 3.73. The second-order valence-electron chi connectivity index (χ2n) is 5.16. The molecule has 2 aromatic rings. The van der Waals surface area contributed by atoms with Gasteiger partial charge in [-0.3, -0.25) is 4.79 Å². The average Bonchev–Trinajstić information content (AvgIpc) is 2.52. The number of para-hydroxylation sites is 1. The Hall–Kier alpha value is -2.80. The van der Waals surface area contributed by atoms with Crippen LogP contribution in [0.25, 0.3) is 0 Å². The van der Waals surface area contributed by atoms with E-state index in [4.69, 9.17) is 10.4 Å². The summed E-state index contributed by atoms with van der Waals surface area (Å²) in [6.07, 6.45) is 0.0757. The predicted molar refractivity (Wildman–Crippen MR) is 85.6 cm³/mol. The molecule has 4 heteroatoms. The normalized spacial score (nSPS) is 10.0. The molecule has 0 radical (unpaired) electrons. The molecule has 112 valence electrons. The van der Waals surface area contributed by atoms with Crippen molar-refractivity contribution in [2.45, 2.75) is 19.9 Å². The maximum absolute atomic E-state index is 10.9. The molecule has 0 spiro atoms. The van der Waals surface area contributed by atoms with Crippen LogP contribution in [0.3, 0.4) is 0 Å². The van der Waals surface area contributed by atoms with Crippen LogP contribution in [0, 0.1) is 18.3 Å². The molecule has 0 atom stereocenters. The van der Waals surface area contributed by atoms with E-state index in [0.717, 1.165) is 16.8 Å². The van der Waals surface area contributed by atoms with Crippen LogP contribution in [0.5, 0.6) is 0 Å². The third kappa shape index (κ3) is 4.10. The van der Waals surface area contributed by atoms with Crippen LogP contribution in [0.4, 0.5) is 5.69 Å². The number of carbonyl (C=O) groups is 1. The fourth-order valence-corrected chi connectivity index (χ4v) is 2.39. The maximum Gasteiger partial charge on any atom is 0.305 e. The Morgan fingerprint density at radius 1 is 1.23 bits per heavy atom. The number of rotatable bonds is 6. The lowest BCUT2D eigenvalue weighted by Crippen LogP contribution is -2.26. The minimum atomic E-state index is -0.815. The van der Waals surface area contributed by atoms with Crippen molar-refractivity contribution in [2.24, 2.45) is 0 Å². The zero-order valence-electron chi connectivity index (χ0n) is 12.5. The zero-order valence-corrected chi connectivity index (χ0v) is 12.5. The summed E-state index contributed by atoms with van der Waals surface area (Å²) in [5, 5.41) is 17.9. The molecule has 0 heterocycles. The average molecular weight is 294 g/mol. The predicted octanol–water partition coefficient (Wildman–Crippen LogP) is 3.35. The number of carboxylic acid groups (broad SMARTS) is 1. The van der Waals surface area contributed by atoms with Gasteiger partial charge in [0.05, 0.1) is 18.1 Å². The molecule has 0 aliphatic carbocycles. The van der Waals surface area contributed by atoms with Crippen LogP contribution in [0.15, 0.2) is 48.5 Å². The first kappa shape index (κ1) is 15.6. The first-order valence-electron chi connectivity index (χ1n) is 7.11. The molecule has 1 N–H and O–H groups in total. The quantitative estimate of drug-likeness (QED) is 0.887. The van der Waals surface area contributed by atoms with Gasteiger partial charge in [-0.25, -0.2) is 0 Å². The monoisotopic (exact) mass is 294 g/mol. The summed E-state index contributed by atoms with van der Waals surface area (Å²) in [6.45, 7) is 3.01. The van der Waals surface area contributed by atoms with Crippen molar-refractivity contribution < 1.29 is 9.90 Å². The first-order valence-corrected chi connectivity index (χ1v) is 7.11. The van der Waals surface area contributed by atoms with Gasteiger partial charge in [0.25, 0.3) is 0 Å². The second kappa shape index (κ2) is 7.28. The number of carboxylic acids is 1. The van der Waals surface area contributed by atoms with Gasteiger partial charge < -0.3 is 10.0 Å². The van der Waals surface area contributed by atoms with Crippen molar-refractivity contribution in [3.8, 4) is 6.07 Å². The number of anilines is 1. The highest BCUT2D eigenvalue weighted by molar-refractivity contribution is 5.68. The van der Waals surface area contributed by atoms with Crippen molar-refractivity contribution >= 4 is 11.7 Å². The summed E-state index contributed by atoms with van der Waals surface area (Å²) < 4.78 is 0. The van der Waals surface area contributed by atoms with Crippen molar-refractivity contribution in [3.05, 3.63) is 65.2 Å². The molecular weight excluding hydrogens is 276 g/mol. The van der Waals surface area contributed by atoms with Gasteiger partial charge in [0.15, 0.2) is 0 Å². The highest BCUT2D eigenvalue weighted by Crippen LogP contribution is 2.22. The lowest BCUT2D eigenvalue weighted by molar-refractivity contribution is -0.136. The summed E-state index contributed by atoms with van der Waals surface area (Å²) in [4.78, 5) is 12.9. The van der Waals surface area contributed by atoms with Gasteiger partial charge in [-0.15, -0.1) is 0 Å². The second-order valence-corrected chi connectivity index (χ2v) is 5.16. The minimum absolute atomic E-state index is 0.0757. The fourth-order valence-electron chi connectivity index (χ4n) is 2.39. The Morgan fingerprint density at radius 3 is 2.68 bits per heavy atom. The molecule has 0 aromatic heterocycles. The third-order valence-electron chi connectivity index (χ3n) is 3.48. The molecule has 0 aliphatic heterocycles. The molecule has 0 saturated carbocycles. The topological polar surface area (TPSA) is 64.3 Å². The summed E-state index contributed by atoms with van der Waals surface area (Å²) in [6, 6.07) is 17.4. The minimum Gasteiger partial charge on any atom is -0.481 e. The molecule has 22 heavy (non-hydrogen) atoms. The molecule has 0 amide bonds. The molecule has 0 saturated heterocycles. The Balaban J connectivity index is 2.26. The Morgan fingerprint density at radius 2 is 2.00 bits per heavy atom. The number of nitrogens with zero attached hydrogens (tertiary/aromatic N) is 2. The van der Waals surface area contributed by atoms with Gasteiger partial charge in [0.1, 0.15) is 0 Å². The number of aryl methyl sites for hydroxylation is 1. The Labute approximate surface area is 130 Å². The van der Waals surface area contributed by atoms with Gasteiger partial charge in [0.2, 0.25) is 0 Å². The molecule has 0 aliphatic rings. The number of hydrogen-bond acceptors (Lipinski definition) is 3. The third-order valence-corrected chi connectivity index (χ3v) is 3.48. The van der Waals surface area contributed by atoms with Gasteiger partial charge >= 0.3 is 5.97 Å². The van der Waals surface area contributed by atoms with Crippen LogP contribution in [-0.2, 0) is 11.3 Å². The van der Waals surface area contributed by atoms with E-state index in [1.54, 1.807) is 6.07 Å². The molecule has 2 rings (SSSR count).